The zero-order valence-corrected chi connectivity index (χ0v) is 11.6. The first-order valence-corrected chi connectivity index (χ1v) is 6.26. The standard InChI is InChI=1S/C13H19N3S/c1-7-5-9(16-10-6-13(10,3)4)11(12(14)17)8(2)15-7/h5,10H,6H2,1-4H3,(H2,14,17)(H,15,16). The summed E-state index contributed by atoms with van der Waals surface area (Å²) in [6.07, 6.45) is 1.18. The largest absolute Gasteiger partial charge is 0.389 e. The normalized spacial score (nSPS) is 21.1. The van der Waals surface area contributed by atoms with Gasteiger partial charge in [-0.1, -0.05) is 26.1 Å². The van der Waals surface area contributed by atoms with E-state index in [1.165, 1.54) is 6.42 Å². The van der Waals surface area contributed by atoms with Crippen LogP contribution in [0.3, 0.4) is 0 Å². The molecule has 1 heterocycles. The number of aromatic nitrogens is 1. The van der Waals surface area contributed by atoms with Crippen molar-refractivity contribution in [3.05, 3.63) is 23.0 Å². The molecule has 4 heteroatoms. The van der Waals surface area contributed by atoms with Gasteiger partial charge < -0.3 is 11.1 Å². The Morgan fingerprint density at radius 2 is 2.12 bits per heavy atom. The average Bonchev–Trinajstić information content (AvgIpc) is 2.70. The van der Waals surface area contributed by atoms with Crippen LogP contribution in [-0.4, -0.2) is 16.0 Å². The second-order valence-corrected chi connectivity index (χ2v) is 5.97. The fourth-order valence-electron chi connectivity index (χ4n) is 2.15. The summed E-state index contributed by atoms with van der Waals surface area (Å²) < 4.78 is 0. The minimum Gasteiger partial charge on any atom is -0.389 e. The molecule has 0 bridgehead atoms. The van der Waals surface area contributed by atoms with Gasteiger partial charge in [0.1, 0.15) is 4.99 Å². The van der Waals surface area contributed by atoms with Crippen molar-refractivity contribution in [1.29, 1.82) is 0 Å². The van der Waals surface area contributed by atoms with Gasteiger partial charge >= 0.3 is 0 Å². The van der Waals surface area contributed by atoms with Crippen LogP contribution < -0.4 is 11.1 Å². The number of hydrogen-bond acceptors (Lipinski definition) is 3. The number of rotatable bonds is 3. The van der Waals surface area contributed by atoms with Crippen LogP contribution in [0.5, 0.6) is 0 Å². The molecule has 1 saturated carbocycles. The van der Waals surface area contributed by atoms with Gasteiger partial charge in [-0.15, -0.1) is 0 Å². The molecule has 2 rings (SSSR count). The summed E-state index contributed by atoms with van der Waals surface area (Å²) in [4.78, 5) is 4.82. The molecular formula is C13H19N3S. The smallest absolute Gasteiger partial charge is 0.107 e. The van der Waals surface area contributed by atoms with Crippen molar-refractivity contribution in [2.75, 3.05) is 5.32 Å². The first-order chi connectivity index (χ1) is 7.81. The molecule has 92 valence electrons. The molecule has 3 N–H and O–H groups in total. The van der Waals surface area contributed by atoms with Crippen molar-refractivity contribution >= 4 is 22.9 Å². The van der Waals surface area contributed by atoms with E-state index in [1.807, 2.05) is 19.9 Å². The quantitative estimate of drug-likeness (QED) is 0.808. The Hall–Kier alpha value is -1.16. The predicted octanol–water partition coefficient (Wildman–Crippen LogP) is 2.54. The van der Waals surface area contributed by atoms with Gasteiger partial charge in [0.15, 0.2) is 0 Å². The highest BCUT2D eigenvalue weighted by molar-refractivity contribution is 7.80. The van der Waals surface area contributed by atoms with E-state index in [9.17, 15) is 0 Å². The van der Waals surface area contributed by atoms with Crippen molar-refractivity contribution < 1.29 is 0 Å². The fraction of sp³-hybridized carbons (Fsp3) is 0.538. The molecule has 1 aromatic rings. The zero-order chi connectivity index (χ0) is 12.8. The number of nitrogens with one attached hydrogen (secondary N) is 1. The summed E-state index contributed by atoms with van der Waals surface area (Å²) in [6.45, 7) is 8.45. The molecule has 1 aliphatic rings. The number of thiocarbonyl (C=S) groups is 1. The van der Waals surface area contributed by atoms with E-state index in [2.05, 4.69) is 24.1 Å². The highest BCUT2D eigenvalue weighted by atomic mass is 32.1. The van der Waals surface area contributed by atoms with Crippen molar-refractivity contribution in [2.45, 2.75) is 40.2 Å². The molecule has 17 heavy (non-hydrogen) atoms. The Bertz CT molecular complexity index is 480. The fourth-order valence-corrected chi connectivity index (χ4v) is 2.41. The maximum Gasteiger partial charge on any atom is 0.107 e. The van der Waals surface area contributed by atoms with Crippen LogP contribution in [0, 0.1) is 19.3 Å². The van der Waals surface area contributed by atoms with Gasteiger partial charge in [-0.3, -0.25) is 4.98 Å². The molecule has 1 aliphatic carbocycles. The molecule has 3 nitrogen and oxygen atoms in total. The van der Waals surface area contributed by atoms with E-state index in [-0.39, 0.29) is 0 Å². The summed E-state index contributed by atoms with van der Waals surface area (Å²) >= 11 is 5.11. The highest BCUT2D eigenvalue weighted by Crippen LogP contribution is 2.46. The summed E-state index contributed by atoms with van der Waals surface area (Å²) in [6, 6.07) is 2.53. The van der Waals surface area contributed by atoms with E-state index >= 15 is 0 Å². The van der Waals surface area contributed by atoms with Crippen LogP contribution >= 0.6 is 12.2 Å². The Morgan fingerprint density at radius 1 is 1.53 bits per heavy atom. The molecule has 1 atom stereocenters. The number of aryl methyl sites for hydroxylation is 2. The third-order valence-corrected chi connectivity index (χ3v) is 3.62. The lowest BCUT2D eigenvalue weighted by atomic mass is 10.1. The second-order valence-electron chi connectivity index (χ2n) is 5.53. The Labute approximate surface area is 108 Å². The van der Waals surface area contributed by atoms with E-state index in [4.69, 9.17) is 18.0 Å². The Balaban J connectivity index is 2.35. The summed E-state index contributed by atoms with van der Waals surface area (Å²) in [5.74, 6) is 0. The van der Waals surface area contributed by atoms with Crippen molar-refractivity contribution in [1.82, 2.24) is 4.98 Å². The molecular weight excluding hydrogens is 230 g/mol. The van der Waals surface area contributed by atoms with Crippen molar-refractivity contribution in [3.8, 4) is 0 Å². The van der Waals surface area contributed by atoms with Gasteiger partial charge in [0.2, 0.25) is 0 Å². The molecule has 0 radical (unpaired) electrons. The summed E-state index contributed by atoms with van der Waals surface area (Å²) in [5, 5.41) is 3.53. The Kier molecular flexibility index (Phi) is 2.86. The minimum atomic E-state index is 0.374. The molecule has 1 aromatic heterocycles. The maximum atomic E-state index is 5.78. The SMILES string of the molecule is Cc1cc(NC2CC2(C)C)c(C(N)=S)c(C)n1. The molecule has 1 unspecified atom stereocenters. The molecule has 1 fully saturated rings. The van der Waals surface area contributed by atoms with Gasteiger partial charge in [0, 0.05) is 23.1 Å². The lowest BCUT2D eigenvalue weighted by Crippen LogP contribution is -2.18. The number of anilines is 1. The monoisotopic (exact) mass is 249 g/mol. The van der Waals surface area contributed by atoms with E-state index in [0.717, 1.165) is 22.6 Å². The maximum absolute atomic E-state index is 5.78. The first-order valence-electron chi connectivity index (χ1n) is 5.86. The lowest BCUT2D eigenvalue weighted by molar-refractivity contribution is 0.630. The van der Waals surface area contributed by atoms with Crippen LogP contribution in [0.4, 0.5) is 5.69 Å². The third kappa shape index (κ3) is 2.41. The van der Waals surface area contributed by atoms with Gasteiger partial charge in [0.25, 0.3) is 0 Å². The van der Waals surface area contributed by atoms with Gasteiger partial charge in [-0.05, 0) is 31.7 Å². The van der Waals surface area contributed by atoms with E-state index < -0.39 is 0 Å². The lowest BCUT2D eigenvalue weighted by Gasteiger charge is -2.15. The van der Waals surface area contributed by atoms with Crippen molar-refractivity contribution in [2.24, 2.45) is 11.1 Å². The van der Waals surface area contributed by atoms with Gasteiger partial charge in [-0.2, -0.15) is 0 Å². The summed E-state index contributed by atoms with van der Waals surface area (Å²) in [7, 11) is 0. The zero-order valence-electron chi connectivity index (χ0n) is 10.8. The third-order valence-electron chi connectivity index (χ3n) is 3.42. The van der Waals surface area contributed by atoms with E-state index in [1.54, 1.807) is 0 Å². The second kappa shape index (κ2) is 3.95. The number of pyridine rings is 1. The highest BCUT2D eigenvalue weighted by Gasteiger charge is 2.45. The minimum absolute atomic E-state index is 0.374. The molecule has 0 aromatic carbocycles. The van der Waals surface area contributed by atoms with Crippen LogP contribution in [-0.2, 0) is 0 Å². The summed E-state index contributed by atoms with van der Waals surface area (Å²) in [5.41, 5.74) is 9.95. The molecule has 0 saturated heterocycles. The van der Waals surface area contributed by atoms with Crippen LogP contribution in [0.25, 0.3) is 0 Å². The first kappa shape index (κ1) is 12.3. The molecule has 0 amide bonds. The van der Waals surface area contributed by atoms with E-state index in [0.29, 0.717) is 16.4 Å². The number of hydrogen-bond donors (Lipinski definition) is 2. The Morgan fingerprint density at radius 3 is 2.59 bits per heavy atom. The van der Waals surface area contributed by atoms with Crippen molar-refractivity contribution in [3.63, 3.8) is 0 Å². The van der Waals surface area contributed by atoms with Crippen LogP contribution in [0.2, 0.25) is 0 Å². The van der Waals surface area contributed by atoms with Crippen LogP contribution in [0.1, 0.15) is 37.2 Å². The number of nitrogens with zero attached hydrogens (tertiary/aromatic N) is 1. The van der Waals surface area contributed by atoms with Crippen LogP contribution in [0.15, 0.2) is 6.07 Å². The molecule has 0 spiro atoms. The molecule has 0 aliphatic heterocycles. The predicted molar refractivity (Wildman–Crippen MR) is 75.4 cm³/mol. The topological polar surface area (TPSA) is 50.9 Å². The average molecular weight is 249 g/mol. The van der Waals surface area contributed by atoms with Gasteiger partial charge in [0.05, 0.1) is 5.56 Å². The number of nitrogens with two attached hydrogens (primary N) is 1. The van der Waals surface area contributed by atoms with Gasteiger partial charge in [-0.25, -0.2) is 0 Å².